The monoisotopic (exact) mass is 222 g/mol. The van der Waals surface area contributed by atoms with Crippen LogP contribution in [-0.4, -0.2) is 16.4 Å². The molecule has 1 aromatic heterocycles. The zero-order valence-corrected chi connectivity index (χ0v) is 9.29. The highest BCUT2D eigenvalue weighted by Gasteiger charge is 2.36. The van der Waals surface area contributed by atoms with Gasteiger partial charge in [0.25, 0.3) is 5.91 Å². The molecular weight excluding hydrogens is 207 g/mol. The van der Waals surface area contributed by atoms with Crippen LogP contribution in [0.3, 0.4) is 0 Å². The third-order valence-electron chi connectivity index (χ3n) is 3.38. The number of nitrogens with one attached hydrogen (secondary N) is 1. The van der Waals surface area contributed by atoms with E-state index in [1.165, 1.54) is 12.3 Å². The van der Waals surface area contributed by atoms with Gasteiger partial charge < -0.3 is 5.32 Å². The first kappa shape index (κ1) is 11.0. The summed E-state index contributed by atoms with van der Waals surface area (Å²) >= 11 is 0. The van der Waals surface area contributed by atoms with E-state index in [9.17, 15) is 9.18 Å². The molecule has 1 saturated carbocycles. The van der Waals surface area contributed by atoms with Crippen LogP contribution < -0.4 is 5.32 Å². The van der Waals surface area contributed by atoms with Crippen LogP contribution in [0.25, 0.3) is 0 Å². The molecule has 3 nitrogen and oxygen atoms in total. The van der Waals surface area contributed by atoms with Crippen molar-refractivity contribution in [2.45, 2.75) is 38.1 Å². The quantitative estimate of drug-likeness (QED) is 0.852. The molecule has 4 heteroatoms. The molecule has 1 amide bonds. The van der Waals surface area contributed by atoms with Crippen LogP contribution in [0.5, 0.6) is 0 Å². The minimum absolute atomic E-state index is 0.0784. The van der Waals surface area contributed by atoms with Crippen molar-refractivity contribution in [1.82, 2.24) is 10.3 Å². The van der Waals surface area contributed by atoms with Crippen LogP contribution in [0, 0.1) is 5.82 Å². The second-order valence-electron chi connectivity index (χ2n) is 4.30. The van der Waals surface area contributed by atoms with E-state index < -0.39 is 5.82 Å². The summed E-state index contributed by atoms with van der Waals surface area (Å²) in [5, 5.41) is 2.93. The fraction of sp³-hybridized carbons (Fsp3) is 0.500. The highest BCUT2D eigenvalue weighted by Crippen LogP contribution is 2.34. The molecule has 1 aliphatic carbocycles. The van der Waals surface area contributed by atoms with Gasteiger partial charge in [0.1, 0.15) is 0 Å². The Hall–Kier alpha value is -1.45. The third kappa shape index (κ3) is 1.92. The topological polar surface area (TPSA) is 42.0 Å². The summed E-state index contributed by atoms with van der Waals surface area (Å²) < 4.78 is 13.3. The molecule has 1 N–H and O–H groups in total. The van der Waals surface area contributed by atoms with Gasteiger partial charge in [-0.15, -0.1) is 0 Å². The maximum Gasteiger partial charge on any atom is 0.254 e. The Morgan fingerprint density at radius 3 is 2.88 bits per heavy atom. The zero-order chi connectivity index (χ0) is 11.6. The number of carbonyl (C=O) groups is 1. The highest BCUT2D eigenvalue weighted by molar-refractivity contribution is 5.94. The first-order valence-corrected chi connectivity index (χ1v) is 5.59. The molecule has 0 spiro atoms. The number of hydrogen-bond acceptors (Lipinski definition) is 2. The predicted octanol–water partition coefficient (Wildman–Crippen LogP) is 2.28. The summed E-state index contributed by atoms with van der Waals surface area (Å²) in [6.07, 6.45) is 6.49. The number of aromatic nitrogens is 1. The van der Waals surface area contributed by atoms with Crippen LogP contribution in [0.15, 0.2) is 18.5 Å². The van der Waals surface area contributed by atoms with E-state index in [1.807, 2.05) is 6.92 Å². The largest absolute Gasteiger partial charge is 0.347 e. The van der Waals surface area contributed by atoms with Gasteiger partial charge in [-0.1, -0.05) is 6.92 Å². The molecule has 1 fully saturated rings. The molecule has 0 radical (unpaired) electrons. The number of carbonyl (C=O) groups excluding carboxylic acids is 1. The van der Waals surface area contributed by atoms with Crippen molar-refractivity contribution in [3.63, 3.8) is 0 Å². The van der Waals surface area contributed by atoms with E-state index in [-0.39, 0.29) is 17.0 Å². The first-order valence-electron chi connectivity index (χ1n) is 5.59. The van der Waals surface area contributed by atoms with Crippen molar-refractivity contribution in [3.8, 4) is 0 Å². The Balaban J connectivity index is 2.11. The van der Waals surface area contributed by atoms with E-state index >= 15 is 0 Å². The summed E-state index contributed by atoms with van der Waals surface area (Å²) in [6, 6.07) is 1.41. The maximum absolute atomic E-state index is 13.3. The molecule has 86 valence electrons. The van der Waals surface area contributed by atoms with E-state index in [4.69, 9.17) is 0 Å². The van der Waals surface area contributed by atoms with Crippen LogP contribution in [-0.2, 0) is 0 Å². The number of pyridine rings is 1. The Morgan fingerprint density at radius 1 is 1.62 bits per heavy atom. The number of hydrogen-bond donors (Lipinski definition) is 1. The van der Waals surface area contributed by atoms with Crippen LogP contribution in [0.1, 0.15) is 43.0 Å². The van der Waals surface area contributed by atoms with E-state index in [1.54, 1.807) is 0 Å². The molecule has 1 heterocycles. The maximum atomic E-state index is 13.3. The lowest BCUT2D eigenvalue weighted by Gasteiger charge is -2.42. The normalized spacial score (nSPS) is 17.6. The summed E-state index contributed by atoms with van der Waals surface area (Å²) in [6.45, 7) is 2.04. The summed E-state index contributed by atoms with van der Waals surface area (Å²) in [5.74, 6) is -0.896. The first-order chi connectivity index (χ1) is 7.67. The average Bonchev–Trinajstić information content (AvgIpc) is 2.24. The molecule has 0 saturated heterocycles. The molecule has 0 atom stereocenters. The lowest BCUT2D eigenvalue weighted by molar-refractivity contribution is 0.0816. The molecule has 0 unspecified atom stereocenters. The average molecular weight is 222 g/mol. The van der Waals surface area contributed by atoms with E-state index in [0.717, 1.165) is 31.9 Å². The lowest BCUT2D eigenvalue weighted by atomic mass is 9.74. The van der Waals surface area contributed by atoms with Crippen LogP contribution >= 0.6 is 0 Å². The van der Waals surface area contributed by atoms with Gasteiger partial charge in [-0.05, 0) is 31.7 Å². The predicted molar refractivity (Wildman–Crippen MR) is 58.5 cm³/mol. The summed E-state index contributed by atoms with van der Waals surface area (Å²) in [7, 11) is 0. The van der Waals surface area contributed by atoms with Gasteiger partial charge in [0.2, 0.25) is 0 Å². The Bertz CT molecular complexity index is 396. The lowest BCUT2D eigenvalue weighted by Crippen LogP contribution is -2.53. The Kier molecular flexibility index (Phi) is 2.90. The van der Waals surface area contributed by atoms with Gasteiger partial charge in [-0.2, -0.15) is 0 Å². The molecule has 1 aromatic rings. The molecule has 16 heavy (non-hydrogen) atoms. The fourth-order valence-corrected chi connectivity index (χ4v) is 2.04. The van der Waals surface area contributed by atoms with Gasteiger partial charge in [-0.3, -0.25) is 9.78 Å². The van der Waals surface area contributed by atoms with Gasteiger partial charge in [0, 0.05) is 11.7 Å². The van der Waals surface area contributed by atoms with E-state index in [0.29, 0.717) is 0 Å². The second-order valence-corrected chi connectivity index (χ2v) is 4.30. The van der Waals surface area contributed by atoms with Crippen molar-refractivity contribution in [2.75, 3.05) is 0 Å². The van der Waals surface area contributed by atoms with Gasteiger partial charge >= 0.3 is 0 Å². The fourth-order valence-electron chi connectivity index (χ4n) is 2.04. The van der Waals surface area contributed by atoms with Crippen molar-refractivity contribution in [3.05, 3.63) is 29.8 Å². The van der Waals surface area contributed by atoms with Gasteiger partial charge in [0.05, 0.1) is 11.8 Å². The van der Waals surface area contributed by atoms with Crippen molar-refractivity contribution in [2.24, 2.45) is 0 Å². The molecule has 2 rings (SSSR count). The number of halogens is 1. The van der Waals surface area contributed by atoms with Crippen molar-refractivity contribution >= 4 is 5.91 Å². The summed E-state index contributed by atoms with van der Waals surface area (Å²) in [4.78, 5) is 15.5. The minimum Gasteiger partial charge on any atom is -0.347 e. The van der Waals surface area contributed by atoms with Gasteiger partial charge in [0.15, 0.2) is 5.82 Å². The number of amides is 1. The smallest absolute Gasteiger partial charge is 0.254 e. The van der Waals surface area contributed by atoms with Crippen LogP contribution in [0.4, 0.5) is 4.39 Å². The minimum atomic E-state index is -0.564. The zero-order valence-electron chi connectivity index (χ0n) is 9.29. The number of nitrogens with zero attached hydrogens (tertiary/aromatic N) is 1. The molecule has 0 aromatic carbocycles. The number of rotatable bonds is 3. The molecular formula is C12H15FN2O. The Labute approximate surface area is 94.1 Å². The van der Waals surface area contributed by atoms with Crippen molar-refractivity contribution < 1.29 is 9.18 Å². The molecule has 1 aliphatic rings. The van der Waals surface area contributed by atoms with Crippen LogP contribution in [0.2, 0.25) is 0 Å². The molecule has 0 bridgehead atoms. The van der Waals surface area contributed by atoms with E-state index in [2.05, 4.69) is 10.3 Å². The van der Waals surface area contributed by atoms with Crippen molar-refractivity contribution in [1.29, 1.82) is 0 Å². The SMILES string of the molecule is CCC1(NC(=O)c2ccncc2F)CCC1. The van der Waals surface area contributed by atoms with Gasteiger partial charge in [-0.25, -0.2) is 4.39 Å². The second kappa shape index (κ2) is 4.20. The summed E-state index contributed by atoms with van der Waals surface area (Å²) in [5.41, 5.74) is -0.0259. The Morgan fingerprint density at radius 2 is 2.38 bits per heavy atom. The molecule has 0 aliphatic heterocycles. The highest BCUT2D eigenvalue weighted by atomic mass is 19.1. The third-order valence-corrected chi connectivity index (χ3v) is 3.38. The standard InChI is InChI=1S/C12H15FN2O/c1-2-12(5-3-6-12)15-11(16)9-4-7-14-8-10(9)13/h4,7-8H,2-3,5-6H2,1H3,(H,15,16).